The van der Waals surface area contributed by atoms with Gasteiger partial charge in [-0.1, -0.05) is 37.6 Å². The Morgan fingerprint density at radius 2 is 2.00 bits per heavy atom. The Labute approximate surface area is 148 Å². The van der Waals surface area contributed by atoms with Crippen LogP contribution in [0.1, 0.15) is 48.6 Å². The zero-order valence-corrected chi connectivity index (χ0v) is 15.2. The molecule has 3 heteroatoms. The number of ether oxygens (including phenoxy) is 1. The number of esters is 1. The van der Waals surface area contributed by atoms with Crippen LogP contribution < -0.4 is 0 Å². The van der Waals surface area contributed by atoms with E-state index >= 15 is 0 Å². The lowest BCUT2D eigenvalue weighted by Gasteiger charge is -2.03. The number of methoxy groups -OCH3 is 1. The first-order valence-corrected chi connectivity index (χ1v) is 9.54. The van der Waals surface area contributed by atoms with E-state index in [1.165, 1.54) is 46.4 Å². The largest absolute Gasteiger partial charge is 0.466 e. The molecule has 0 saturated heterocycles. The minimum Gasteiger partial charge on any atom is -0.466 e. The fraction of sp³-hybridized carbons (Fsp3) is 0.381. The van der Waals surface area contributed by atoms with Gasteiger partial charge in [-0.15, -0.1) is 11.3 Å². The van der Waals surface area contributed by atoms with Crippen molar-refractivity contribution < 1.29 is 9.53 Å². The van der Waals surface area contributed by atoms with Crippen LogP contribution in [0.5, 0.6) is 0 Å². The standard InChI is InChI=1S/C21H24O2S/c1-3-4-6-15-9-11-16(12-10-15)20-14-18-13-17(21(22)23-2)7-5-8-19(18)24-20/h9-14H,3-8H2,1-2H3. The predicted molar refractivity (Wildman–Crippen MR) is 101 cm³/mol. The number of fused-ring (bicyclic) bond motifs is 1. The van der Waals surface area contributed by atoms with Crippen molar-refractivity contribution in [2.24, 2.45) is 0 Å². The van der Waals surface area contributed by atoms with Gasteiger partial charge in [0.1, 0.15) is 0 Å². The van der Waals surface area contributed by atoms with E-state index in [0.717, 1.165) is 31.3 Å². The molecule has 0 bridgehead atoms. The fourth-order valence-corrected chi connectivity index (χ4v) is 4.30. The van der Waals surface area contributed by atoms with Crippen LogP contribution in [0, 0.1) is 0 Å². The SMILES string of the molecule is CCCCc1ccc(-c2cc3c(s2)CCCC(C(=O)OC)=C3)cc1. The van der Waals surface area contributed by atoms with Gasteiger partial charge in [0, 0.05) is 15.3 Å². The first-order valence-electron chi connectivity index (χ1n) is 8.72. The lowest BCUT2D eigenvalue weighted by Crippen LogP contribution is -2.03. The third kappa shape index (κ3) is 3.78. The van der Waals surface area contributed by atoms with Crippen LogP contribution in [0.25, 0.3) is 16.5 Å². The molecule has 1 aromatic heterocycles. The predicted octanol–water partition coefficient (Wildman–Crippen LogP) is 5.65. The average Bonchev–Trinajstić information content (AvgIpc) is 2.91. The van der Waals surface area contributed by atoms with Gasteiger partial charge in [-0.3, -0.25) is 0 Å². The second-order valence-electron chi connectivity index (χ2n) is 6.30. The first kappa shape index (κ1) is 17.0. The van der Waals surface area contributed by atoms with Gasteiger partial charge >= 0.3 is 5.97 Å². The zero-order valence-electron chi connectivity index (χ0n) is 14.4. The summed E-state index contributed by atoms with van der Waals surface area (Å²) in [6.07, 6.45) is 8.49. The van der Waals surface area contributed by atoms with E-state index in [1.807, 2.05) is 17.4 Å². The first-order chi connectivity index (χ1) is 11.7. The van der Waals surface area contributed by atoms with E-state index in [-0.39, 0.29) is 5.97 Å². The Morgan fingerprint density at radius 1 is 1.21 bits per heavy atom. The molecule has 0 amide bonds. The van der Waals surface area contributed by atoms with Gasteiger partial charge in [0.25, 0.3) is 0 Å². The summed E-state index contributed by atoms with van der Waals surface area (Å²) in [4.78, 5) is 14.5. The van der Waals surface area contributed by atoms with Crippen molar-refractivity contribution >= 4 is 23.4 Å². The summed E-state index contributed by atoms with van der Waals surface area (Å²) in [6, 6.07) is 11.1. The number of aryl methyl sites for hydroxylation is 2. The normalized spacial score (nSPS) is 13.8. The summed E-state index contributed by atoms with van der Waals surface area (Å²) in [5, 5.41) is 0. The van der Waals surface area contributed by atoms with Crippen molar-refractivity contribution in [1.82, 2.24) is 0 Å². The van der Waals surface area contributed by atoms with Gasteiger partial charge in [0.05, 0.1) is 7.11 Å². The maximum atomic E-state index is 11.8. The molecule has 0 saturated carbocycles. The highest BCUT2D eigenvalue weighted by atomic mass is 32.1. The Hall–Kier alpha value is -1.87. The van der Waals surface area contributed by atoms with Crippen LogP contribution in [0.4, 0.5) is 0 Å². The molecule has 24 heavy (non-hydrogen) atoms. The van der Waals surface area contributed by atoms with Crippen molar-refractivity contribution in [1.29, 1.82) is 0 Å². The second-order valence-corrected chi connectivity index (χ2v) is 7.44. The van der Waals surface area contributed by atoms with Crippen LogP contribution in [0.15, 0.2) is 35.9 Å². The summed E-state index contributed by atoms with van der Waals surface area (Å²) in [5.41, 5.74) is 4.64. The van der Waals surface area contributed by atoms with Gasteiger partial charge in [0.15, 0.2) is 0 Å². The number of carbonyl (C=O) groups is 1. The monoisotopic (exact) mass is 340 g/mol. The van der Waals surface area contributed by atoms with Crippen LogP contribution in [-0.4, -0.2) is 13.1 Å². The number of hydrogen-bond donors (Lipinski definition) is 0. The minimum absolute atomic E-state index is 0.198. The summed E-state index contributed by atoms with van der Waals surface area (Å²) in [7, 11) is 1.45. The molecule has 3 rings (SSSR count). The molecule has 2 aromatic rings. The zero-order chi connectivity index (χ0) is 16.9. The number of thiophene rings is 1. The molecule has 0 spiro atoms. The highest BCUT2D eigenvalue weighted by molar-refractivity contribution is 7.15. The average molecular weight is 340 g/mol. The molecule has 0 N–H and O–H groups in total. The molecule has 0 fully saturated rings. The second kappa shape index (κ2) is 7.80. The van der Waals surface area contributed by atoms with E-state index in [9.17, 15) is 4.79 Å². The van der Waals surface area contributed by atoms with E-state index in [4.69, 9.17) is 4.74 Å². The van der Waals surface area contributed by atoms with Crippen molar-refractivity contribution in [3.63, 3.8) is 0 Å². The Kier molecular flexibility index (Phi) is 5.52. The van der Waals surface area contributed by atoms with Crippen molar-refractivity contribution in [3.8, 4) is 10.4 Å². The maximum absolute atomic E-state index is 11.8. The van der Waals surface area contributed by atoms with Crippen LogP contribution in [0.3, 0.4) is 0 Å². The third-order valence-electron chi connectivity index (χ3n) is 4.53. The highest BCUT2D eigenvalue weighted by Crippen LogP contribution is 2.36. The van der Waals surface area contributed by atoms with Crippen LogP contribution >= 0.6 is 11.3 Å². The molecule has 1 heterocycles. The molecule has 126 valence electrons. The van der Waals surface area contributed by atoms with Gasteiger partial charge in [-0.05, 0) is 60.9 Å². The number of unbranched alkanes of at least 4 members (excludes halogenated alkanes) is 1. The number of rotatable bonds is 5. The summed E-state index contributed by atoms with van der Waals surface area (Å²) < 4.78 is 4.89. The van der Waals surface area contributed by atoms with Gasteiger partial charge in [0.2, 0.25) is 0 Å². The van der Waals surface area contributed by atoms with Crippen molar-refractivity contribution in [2.75, 3.05) is 7.11 Å². The molecule has 1 aromatic carbocycles. The molecule has 0 aliphatic heterocycles. The van der Waals surface area contributed by atoms with Crippen LogP contribution in [-0.2, 0) is 22.4 Å². The Morgan fingerprint density at radius 3 is 2.71 bits per heavy atom. The van der Waals surface area contributed by atoms with Gasteiger partial charge in [-0.25, -0.2) is 4.79 Å². The number of hydrogen-bond acceptors (Lipinski definition) is 3. The molecular formula is C21H24O2S. The summed E-state index contributed by atoms with van der Waals surface area (Å²) in [5.74, 6) is -0.198. The lowest BCUT2D eigenvalue weighted by molar-refractivity contribution is -0.136. The fourth-order valence-electron chi connectivity index (χ4n) is 3.11. The van der Waals surface area contributed by atoms with E-state index in [2.05, 4.69) is 37.3 Å². The van der Waals surface area contributed by atoms with Gasteiger partial charge < -0.3 is 4.74 Å². The van der Waals surface area contributed by atoms with E-state index in [0.29, 0.717) is 0 Å². The molecule has 0 radical (unpaired) electrons. The quantitative estimate of drug-likeness (QED) is 0.657. The van der Waals surface area contributed by atoms with Crippen LogP contribution in [0.2, 0.25) is 0 Å². The topological polar surface area (TPSA) is 26.3 Å². The molecular weight excluding hydrogens is 316 g/mol. The summed E-state index contributed by atoms with van der Waals surface area (Å²) >= 11 is 1.85. The molecule has 0 atom stereocenters. The highest BCUT2D eigenvalue weighted by Gasteiger charge is 2.17. The number of benzene rings is 1. The minimum atomic E-state index is -0.198. The Balaban J connectivity index is 1.85. The molecule has 2 nitrogen and oxygen atoms in total. The summed E-state index contributed by atoms with van der Waals surface area (Å²) in [6.45, 7) is 2.23. The van der Waals surface area contributed by atoms with Gasteiger partial charge in [-0.2, -0.15) is 0 Å². The number of carbonyl (C=O) groups excluding carboxylic acids is 1. The van der Waals surface area contributed by atoms with E-state index < -0.39 is 0 Å². The van der Waals surface area contributed by atoms with Crippen molar-refractivity contribution in [3.05, 3.63) is 51.9 Å². The maximum Gasteiger partial charge on any atom is 0.333 e. The Bertz CT molecular complexity index is 738. The molecule has 1 aliphatic rings. The van der Waals surface area contributed by atoms with Crippen molar-refractivity contribution in [2.45, 2.75) is 45.4 Å². The smallest absolute Gasteiger partial charge is 0.333 e. The third-order valence-corrected chi connectivity index (χ3v) is 5.79. The lowest BCUT2D eigenvalue weighted by atomic mass is 10.0. The van der Waals surface area contributed by atoms with E-state index in [1.54, 1.807) is 0 Å². The molecule has 0 unspecified atom stereocenters. The molecule has 1 aliphatic carbocycles.